The minimum absolute atomic E-state index is 0.131. The smallest absolute Gasteiger partial charge is 0.125 e. The first-order valence-electron chi connectivity index (χ1n) is 7.02. The Hall–Kier alpha value is -0.450. The third-order valence-electron chi connectivity index (χ3n) is 3.80. The number of hydrogen-bond acceptors (Lipinski definition) is 4. The number of rotatable bonds is 4. The molecule has 0 bridgehead atoms. The van der Waals surface area contributed by atoms with Gasteiger partial charge in [-0.05, 0) is 26.7 Å². The van der Waals surface area contributed by atoms with E-state index in [9.17, 15) is 0 Å². The molecule has 18 heavy (non-hydrogen) atoms. The van der Waals surface area contributed by atoms with Gasteiger partial charge < -0.3 is 10.5 Å². The molecule has 1 aliphatic rings. The van der Waals surface area contributed by atoms with Gasteiger partial charge in [-0.25, -0.2) is 4.98 Å². The second kappa shape index (κ2) is 6.13. The van der Waals surface area contributed by atoms with E-state index in [1.165, 1.54) is 30.6 Å². The van der Waals surface area contributed by atoms with Gasteiger partial charge in [-0.2, -0.15) is 0 Å². The fourth-order valence-electron chi connectivity index (χ4n) is 2.81. The van der Waals surface area contributed by atoms with Gasteiger partial charge >= 0.3 is 0 Å². The monoisotopic (exact) mass is 268 g/mol. The number of thiazole rings is 1. The van der Waals surface area contributed by atoms with Gasteiger partial charge in [0, 0.05) is 18.0 Å². The number of nitrogens with two attached hydrogens (primary N) is 1. The van der Waals surface area contributed by atoms with Crippen molar-refractivity contribution in [3.63, 3.8) is 0 Å². The van der Waals surface area contributed by atoms with Crippen LogP contribution in [0.3, 0.4) is 0 Å². The Bertz CT molecular complexity index is 381. The van der Waals surface area contributed by atoms with Crippen LogP contribution >= 0.6 is 11.3 Å². The fourth-order valence-corrected chi connectivity index (χ4v) is 3.95. The first kappa shape index (κ1) is 14.0. The topological polar surface area (TPSA) is 48.1 Å². The molecule has 0 saturated heterocycles. The highest BCUT2D eigenvalue weighted by molar-refractivity contribution is 7.11. The second-order valence-electron chi connectivity index (χ2n) is 5.07. The minimum atomic E-state index is -0.131. The molecule has 4 heteroatoms. The van der Waals surface area contributed by atoms with Gasteiger partial charge in [0.2, 0.25) is 0 Å². The van der Waals surface area contributed by atoms with Crippen LogP contribution in [0.15, 0.2) is 0 Å². The van der Waals surface area contributed by atoms with E-state index in [-0.39, 0.29) is 5.60 Å². The molecule has 0 aliphatic heterocycles. The third-order valence-corrected chi connectivity index (χ3v) is 5.16. The first-order valence-corrected chi connectivity index (χ1v) is 7.84. The van der Waals surface area contributed by atoms with E-state index in [0.29, 0.717) is 6.54 Å². The molecule has 1 saturated carbocycles. The molecule has 0 spiro atoms. The Kier molecular flexibility index (Phi) is 4.76. The number of ether oxygens (including phenoxy) is 1. The van der Waals surface area contributed by atoms with Crippen LogP contribution in [0.4, 0.5) is 0 Å². The van der Waals surface area contributed by atoms with Crippen LogP contribution in [0.5, 0.6) is 0 Å². The van der Waals surface area contributed by atoms with Crippen LogP contribution in [0.1, 0.15) is 61.0 Å². The van der Waals surface area contributed by atoms with Crippen LogP contribution < -0.4 is 5.73 Å². The van der Waals surface area contributed by atoms with Crippen molar-refractivity contribution in [3.05, 3.63) is 15.6 Å². The van der Waals surface area contributed by atoms with E-state index in [1.54, 1.807) is 11.3 Å². The summed E-state index contributed by atoms with van der Waals surface area (Å²) in [5.74, 6) is 0. The van der Waals surface area contributed by atoms with Crippen molar-refractivity contribution >= 4 is 11.3 Å². The standard InChI is InChI=1S/C14H24N2OS/c1-3-17-14(8-6-4-5-7-9-14)13-16-11(2)12(10-15)18-13/h3-10,15H2,1-2H3. The molecule has 0 unspecified atom stereocenters. The van der Waals surface area contributed by atoms with E-state index in [2.05, 4.69) is 13.8 Å². The molecule has 1 heterocycles. The van der Waals surface area contributed by atoms with E-state index >= 15 is 0 Å². The molecule has 0 amide bonds. The largest absolute Gasteiger partial charge is 0.368 e. The van der Waals surface area contributed by atoms with Gasteiger partial charge in [-0.15, -0.1) is 11.3 Å². The van der Waals surface area contributed by atoms with Gasteiger partial charge in [-0.1, -0.05) is 25.7 Å². The molecule has 2 rings (SSSR count). The molecule has 0 radical (unpaired) electrons. The van der Waals surface area contributed by atoms with Gasteiger partial charge in [0.05, 0.1) is 5.69 Å². The SMILES string of the molecule is CCOC1(c2nc(C)c(CN)s2)CCCCCC1. The van der Waals surface area contributed by atoms with Crippen molar-refractivity contribution in [2.45, 2.75) is 64.5 Å². The van der Waals surface area contributed by atoms with Crippen molar-refractivity contribution in [2.75, 3.05) is 6.61 Å². The Balaban J connectivity index is 2.31. The summed E-state index contributed by atoms with van der Waals surface area (Å²) in [6.07, 6.45) is 7.36. The van der Waals surface area contributed by atoms with E-state index in [0.717, 1.165) is 30.2 Å². The highest BCUT2D eigenvalue weighted by Crippen LogP contribution is 2.41. The summed E-state index contributed by atoms with van der Waals surface area (Å²) in [4.78, 5) is 5.95. The molecule has 1 aromatic heterocycles. The molecule has 3 nitrogen and oxygen atoms in total. The maximum absolute atomic E-state index is 6.16. The van der Waals surface area contributed by atoms with Crippen molar-refractivity contribution in [3.8, 4) is 0 Å². The van der Waals surface area contributed by atoms with Crippen LogP contribution in [0, 0.1) is 6.92 Å². The summed E-state index contributed by atoms with van der Waals surface area (Å²) in [5.41, 5.74) is 6.72. The lowest BCUT2D eigenvalue weighted by Gasteiger charge is -2.30. The molecule has 2 N–H and O–H groups in total. The average Bonchev–Trinajstić information content (AvgIpc) is 2.60. The molecule has 1 aromatic rings. The number of aryl methyl sites for hydroxylation is 1. The summed E-state index contributed by atoms with van der Waals surface area (Å²) >= 11 is 1.75. The maximum atomic E-state index is 6.16. The van der Waals surface area contributed by atoms with Crippen LogP contribution in [-0.2, 0) is 16.9 Å². The Morgan fingerprint density at radius 2 is 1.94 bits per heavy atom. The average molecular weight is 268 g/mol. The highest BCUT2D eigenvalue weighted by atomic mass is 32.1. The number of nitrogens with zero attached hydrogens (tertiary/aromatic N) is 1. The van der Waals surface area contributed by atoms with Crippen molar-refractivity contribution in [1.82, 2.24) is 4.98 Å². The van der Waals surface area contributed by atoms with Crippen molar-refractivity contribution in [2.24, 2.45) is 5.73 Å². The molecule has 1 fully saturated rings. The number of hydrogen-bond donors (Lipinski definition) is 1. The molecular formula is C14H24N2OS. The zero-order chi connectivity index (χ0) is 13.0. The highest BCUT2D eigenvalue weighted by Gasteiger charge is 2.36. The quantitative estimate of drug-likeness (QED) is 0.850. The minimum Gasteiger partial charge on any atom is -0.368 e. The van der Waals surface area contributed by atoms with Crippen LogP contribution in [-0.4, -0.2) is 11.6 Å². The molecular weight excluding hydrogens is 244 g/mol. The van der Waals surface area contributed by atoms with Crippen LogP contribution in [0.25, 0.3) is 0 Å². The normalized spacial score (nSPS) is 19.7. The summed E-state index contributed by atoms with van der Waals surface area (Å²) in [6.45, 7) is 5.48. The number of aromatic nitrogens is 1. The Morgan fingerprint density at radius 3 is 2.44 bits per heavy atom. The van der Waals surface area contributed by atoms with Gasteiger partial charge in [0.15, 0.2) is 0 Å². The Morgan fingerprint density at radius 1 is 1.28 bits per heavy atom. The predicted molar refractivity (Wildman–Crippen MR) is 75.7 cm³/mol. The third kappa shape index (κ3) is 2.76. The van der Waals surface area contributed by atoms with Crippen molar-refractivity contribution < 1.29 is 4.74 Å². The Labute approximate surface area is 114 Å². The summed E-state index contributed by atoms with van der Waals surface area (Å²) in [7, 11) is 0. The van der Waals surface area contributed by atoms with Gasteiger partial charge in [0.1, 0.15) is 10.6 Å². The second-order valence-corrected chi connectivity index (χ2v) is 6.16. The lowest BCUT2D eigenvalue weighted by Crippen LogP contribution is -2.29. The fraction of sp³-hybridized carbons (Fsp3) is 0.786. The zero-order valence-electron chi connectivity index (χ0n) is 11.5. The van der Waals surface area contributed by atoms with E-state index < -0.39 is 0 Å². The molecule has 0 atom stereocenters. The van der Waals surface area contributed by atoms with E-state index in [1.807, 2.05) is 0 Å². The zero-order valence-corrected chi connectivity index (χ0v) is 12.3. The lowest BCUT2D eigenvalue weighted by molar-refractivity contribution is -0.0560. The summed E-state index contributed by atoms with van der Waals surface area (Å²) in [5, 5.41) is 1.16. The molecule has 0 aromatic carbocycles. The van der Waals surface area contributed by atoms with E-state index in [4.69, 9.17) is 15.5 Å². The summed E-state index contributed by atoms with van der Waals surface area (Å²) in [6, 6.07) is 0. The maximum Gasteiger partial charge on any atom is 0.125 e. The van der Waals surface area contributed by atoms with Crippen LogP contribution in [0.2, 0.25) is 0 Å². The summed E-state index contributed by atoms with van der Waals surface area (Å²) < 4.78 is 6.16. The van der Waals surface area contributed by atoms with Gasteiger partial charge in [-0.3, -0.25) is 0 Å². The molecule has 102 valence electrons. The predicted octanol–water partition coefficient (Wildman–Crippen LogP) is 3.50. The first-order chi connectivity index (χ1) is 8.72. The lowest BCUT2D eigenvalue weighted by atomic mass is 9.95. The molecule has 1 aliphatic carbocycles. The van der Waals surface area contributed by atoms with Gasteiger partial charge in [0.25, 0.3) is 0 Å². The van der Waals surface area contributed by atoms with Crippen molar-refractivity contribution in [1.29, 1.82) is 0 Å².